The van der Waals surface area contributed by atoms with Crippen LogP contribution < -0.4 is 0 Å². The number of aryl methyl sites for hydroxylation is 1. The third-order valence-corrected chi connectivity index (χ3v) is 6.38. The molecule has 3 atom stereocenters. The van der Waals surface area contributed by atoms with Gasteiger partial charge in [-0.3, -0.25) is 0 Å². The Labute approximate surface area is 132 Å². The van der Waals surface area contributed by atoms with Crippen LogP contribution in [0.4, 0.5) is 0 Å². The van der Waals surface area contributed by atoms with Gasteiger partial charge in [-0.05, 0) is 44.4 Å². The second-order valence-corrected chi connectivity index (χ2v) is 7.80. The largest absolute Gasteiger partial charge is 0.376 e. The first kappa shape index (κ1) is 15.9. The zero-order valence-electron chi connectivity index (χ0n) is 13.1. The number of sulfonamides is 1. The summed E-state index contributed by atoms with van der Waals surface area (Å²) in [6.45, 7) is 5.33. The third kappa shape index (κ3) is 2.80. The molecule has 2 aliphatic rings. The molecule has 1 aliphatic carbocycles. The van der Waals surface area contributed by atoms with Crippen molar-refractivity contribution in [2.24, 2.45) is 0 Å². The molecular formula is C16H23NO4S. The second-order valence-electron chi connectivity index (χ2n) is 5.91. The summed E-state index contributed by atoms with van der Waals surface area (Å²) in [6.07, 6.45) is 1.50. The molecule has 1 saturated heterocycles. The lowest BCUT2D eigenvalue weighted by atomic mass is 10.1. The van der Waals surface area contributed by atoms with E-state index in [-0.39, 0.29) is 18.2 Å². The van der Waals surface area contributed by atoms with E-state index in [0.717, 1.165) is 18.4 Å². The summed E-state index contributed by atoms with van der Waals surface area (Å²) in [7, 11) is -3.48. The van der Waals surface area contributed by atoms with Gasteiger partial charge in [-0.1, -0.05) is 12.1 Å². The van der Waals surface area contributed by atoms with Gasteiger partial charge in [0, 0.05) is 13.2 Å². The molecule has 0 aromatic heterocycles. The van der Waals surface area contributed by atoms with E-state index >= 15 is 0 Å². The predicted molar refractivity (Wildman–Crippen MR) is 83.2 cm³/mol. The first-order chi connectivity index (χ1) is 10.5. The molecule has 122 valence electrons. The number of hydrogen-bond acceptors (Lipinski definition) is 4. The smallest absolute Gasteiger partial charge is 0.243 e. The lowest BCUT2D eigenvalue weighted by Crippen LogP contribution is -2.53. The molecule has 5 nitrogen and oxygen atoms in total. The van der Waals surface area contributed by atoms with E-state index in [1.165, 1.54) is 0 Å². The van der Waals surface area contributed by atoms with Crippen LogP contribution in [-0.2, 0) is 19.5 Å². The Morgan fingerprint density at radius 3 is 2.91 bits per heavy atom. The Morgan fingerprint density at radius 1 is 1.36 bits per heavy atom. The van der Waals surface area contributed by atoms with Crippen molar-refractivity contribution in [1.29, 1.82) is 0 Å². The maximum Gasteiger partial charge on any atom is 0.243 e. The van der Waals surface area contributed by atoms with Crippen LogP contribution >= 0.6 is 0 Å². The molecule has 2 fully saturated rings. The van der Waals surface area contributed by atoms with Crippen molar-refractivity contribution >= 4 is 10.0 Å². The molecule has 0 spiro atoms. The minimum atomic E-state index is -3.48. The molecule has 3 rings (SSSR count). The van der Waals surface area contributed by atoms with Crippen LogP contribution in [0.5, 0.6) is 0 Å². The van der Waals surface area contributed by atoms with Crippen LogP contribution in [0, 0.1) is 6.92 Å². The zero-order valence-corrected chi connectivity index (χ0v) is 13.9. The second kappa shape index (κ2) is 6.28. The maximum atomic E-state index is 13.0. The summed E-state index contributed by atoms with van der Waals surface area (Å²) in [5, 5.41) is 0. The Balaban J connectivity index is 1.88. The highest BCUT2D eigenvalue weighted by Crippen LogP contribution is 2.35. The molecule has 1 aromatic carbocycles. The Bertz CT molecular complexity index is 631. The lowest BCUT2D eigenvalue weighted by molar-refractivity contribution is -0.0938. The minimum Gasteiger partial charge on any atom is -0.376 e. The van der Waals surface area contributed by atoms with E-state index in [2.05, 4.69) is 0 Å². The molecular weight excluding hydrogens is 302 g/mol. The highest BCUT2D eigenvalue weighted by molar-refractivity contribution is 7.89. The molecule has 1 saturated carbocycles. The molecule has 6 heteroatoms. The van der Waals surface area contributed by atoms with Gasteiger partial charge in [-0.15, -0.1) is 0 Å². The van der Waals surface area contributed by atoms with Crippen LogP contribution in [0.3, 0.4) is 0 Å². The monoisotopic (exact) mass is 325 g/mol. The predicted octanol–water partition coefficient (Wildman–Crippen LogP) is 1.95. The number of morpholine rings is 1. The van der Waals surface area contributed by atoms with Crippen molar-refractivity contribution in [3.8, 4) is 0 Å². The standard InChI is InChI=1S/C16H23NO4S/c1-3-20-15-8-7-14-16(15)21-10-9-17(14)22(18,19)13-6-4-5-12(2)11-13/h4-6,11,14-16H,3,7-10H2,1-2H3/t14-,15+,16+/m1/s1. The van der Waals surface area contributed by atoms with E-state index in [9.17, 15) is 8.42 Å². The van der Waals surface area contributed by atoms with Crippen molar-refractivity contribution in [2.45, 2.75) is 49.8 Å². The average molecular weight is 325 g/mol. The summed E-state index contributed by atoms with van der Waals surface area (Å²) in [5.41, 5.74) is 0.949. The van der Waals surface area contributed by atoms with Gasteiger partial charge in [-0.25, -0.2) is 8.42 Å². The maximum absolute atomic E-state index is 13.0. The highest BCUT2D eigenvalue weighted by atomic mass is 32.2. The molecule has 1 heterocycles. The molecule has 0 N–H and O–H groups in total. The molecule has 0 amide bonds. The topological polar surface area (TPSA) is 55.8 Å². The number of fused-ring (bicyclic) bond motifs is 1. The van der Waals surface area contributed by atoms with Gasteiger partial charge in [0.25, 0.3) is 0 Å². The van der Waals surface area contributed by atoms with Crippen LogP contribution in [0.25, 0.3) is 0 Å². The number of rotatable bonds is 4. The minimum absolute atomic E-state index is 0.00510. The molecule has 0 unspecified atom stereocenters. The fourth-order valence-electron chi connectivity index (χ4n) is 3.48. The first-order valence-electron chi connectivity index (χ1n) is 7.85. The summed E-state index contributed by atoms with van der Waals surface area (Å²) in [5.74, 6) is 0. The van der Waals surface area contributed by atoms with Crippen molar-refractivity contribution < 1.29 is 17.9 Å². The quantitative estimate of drug-likeness (QED) is 0.849. The molecule has 22 heavy (non-hydrogen) atoms. The van der Waals surface area contributed by atoms with Gasteiger partial charge in [0.2, 0.25) is 10.0 Å². The van der Waals surface area contributed by atoms with Crippen molar-refractivity contribution in [2.75, 3.05) is 19.8 Å². The fraction of sp³-hybridized carbons (Fsp3) is 0.625. The van der Waals surface area contributed by atoms with E-state index in [4.69, 9.17) is 9.47 Å². The van der Waals surface area contributed by atoms with Gasteiger partial charge in [0.05, 0.1) is 23.6 Å². The van der Waals surface area contributed by atoms with Crippen LogP contribution in [0.1, 0.15) is 25.3 Å². The van der Waals surface area contributed by atoms with Crippen LogP contribution in [-0.4, -0.2) is 50.7 Å². The lowest BCUT2D eigenvalue weighted by Gasteiger charge is -2.38. The molecule has 0 bridgehead atoms. The van der Waals surface area contributed by atoms with E-state index in [0.29, 0.717) is 24.7 Å². The van der Waals surface area contributed by atoms with E-state index in [1.807, 2.05) is 19.9 Å². The summed E-state index contributed by atoms with van der Waals surface area (Å²) in [6, 6.07) is 6.98. The Hall–Kier alpha value is -0.950. The summed E-state index contributed by atoms with van der Waals surface area (Å²) < 4.78 is 39.1. The molecule has 1 aromatic rings. The number of benzene rings is 1. The van der Waals surface area contributed by atoms with Crippen LogP contribution in [0.15, 0.2) is 29.2 Å². The average Bonchev–Trinajstić information content (AvgIpc) is 2.91. The number of ether oxygens (including phenoxy) is 2. The zero-order chi connectivity index (χ0) is 15.7. The van der Waals surface area contributed by atoms with E-state index in [1.54, 1.807) is 22.5 Å². The molecule has 1 aliphatic heterocycles. The van der Waals surface area contributed by atoms with Crippen molar-refractivity contribution in [3.05, 3.63) is 29.8 Å². The van der Waals surface area contributed by atoms with Gasteiger partial charge in [0.1, 0.15) is 6.10 Å². The SMILES string of the molecule is CCO[C@H]1CC[C@@H]2[C@@H]1OCCN2S(=O)(=O)c1cccc(C)c1. The first-order valence-corrected chi connectivity index (χ1v) is 9.29. The third-order valence-electron chi connectivity index (χ3n) is 4.46. The number of hydrogen-bond donors (Lipinski definition) is 0. The fourth-order valence-corrected chi connectivity index (χ4v) is 5.24. The Morgan fingerprint density at radius 2 is 2.18 bits per heavy atom. The Kier molecular flexibility index (Phi) is 4.54. The highest BCUT2D eigenvalue weighted by Gasteiger charge is 2.47. The summed E-state index contributed by atoms with van der Waals surface area (Å²) >= 11 is 0. The summed E-state index contributed by atoms with van der Waals surface area (Å²) in [4.78, 5) is 0.369. The number of nitrogens with zero attached hydrogens (tertiary/aromatic N) is 1. The van der Waals surface area contributed by atoms with Gasteiger partial charge in [-0.2, -0.15) is 4.31 Å². The van der Waals surface area contributed by atoms with Gasteiger partial charge in [0.15, 0.2) is 0 Å². The van der Waals surface area contributed by atoms with Gasteiger partial charge < -0.3 is 9.47 Å². The normalized spacial score (nSPS) is 29.5. The van der Waals surface area contributed by atoms with Gasteiger partial charge >= 0.3 is 0 Å². The van der Waals surface area contributed by atoms with E-state index < -0.39 is 10.0 Å². The van der Waals surface area contributed by atoms with Crippen molar-refractivity contribution in [3.63, 3.8) is 0 Å². The van der Waals surface area contributed by atoms with Crippen LogP contribution in [0.2, 0.25) is 0 Å². The van der Waals surface area contributed by atoms with Crippen molar-refractivity contribution in [1.82, 2.24) is 4.31 Å². The molecule has 0 radical (unpaired) electrons.